The minimum Gasteiger partial charge on any atom is -0.490 e. The number of hydrogen-bond donors (Lipinski definition) is 2. The zero-order valence-corrected chi connectivity index (χ0v) is 20.6. The van der Waals surface area contributed by atoms with Crippen molar-refractivity contribution < 1.29 is 19.1 Å². The van der Waals surface area contributed by atoms with E-state index in [1.807, 2.05) is 45.9 Å². The Morgan fingerprint density at radius 1 is 0.970 bits per heavy atom. The van der Waals surface area contributed by atoms with Gasteiger partial charge >= 0.3 is 0 Å². The Hall–Kier alpha value is -3.11. The second kappa shape index (κ2) is 11.7. The molecule has 3 aromatic rings. The third kappa shape index (κ3) is 6.93. The Kier molecular flexibility index (Phi) is 8.67. The summed E-state index contributed by atoms with van der Waals surface area (Å²) in [6, 6.07) is 10.9. The van der Waals surface area contributed by atoms with E-state index in [9.17, 15) is 9.59 Å². The van der Waals surface area contributed by atoms with Crippen LogP contribution in [0.2, 0.25) is 0 Å². The monoisotopic (exact) mass is 486 g/mol. The number of anilines is 2. The summed E-state index contributed by atoms with van der Waals surface area (Å²) in [5.41, 5.74) is 3.29. The number of hydrogen-bond acceptors (Lipinski definition) is 8. The van der Waals surface area contributed by atoms with Gasteiger partial charge in [0, 0.05) is 11.3 Å². The van der Waals surface area contributed by atoms with Gasteiger partial charge in [-0.3, -0.25) is 14.9 Å². The van der Waals surface area contributed by atoms with Crippen molar-refractivity contribution >= 4 is 45.7 Å². The minimum absolute atomic E-state index is 0.132. The molecular formula is C23H26N4O4S2. The van der Waals surface area contributed by atoms with E-state index in [0.29, 0.717) is 39.7 Å². The van der Waals surface area contributed by atoms with Crippen molar-refractivity contribution in [3.05, 3.63) is 53.1 Å². The molecule has 0 saturated carbocycles. The molecule has 3 rings (SSSR count). The van der Waals surface area contributed by atoms with Crippen molar-refractivity contribution in [3.63, 3.8) is 0 Å². The summed E-state index contributed by atoms with van der Waals surface area (Å²) in [4.78, 5) is 24.9. The van der Waals surface area contributed by atoms with Crippen LogP contribution in [0, 0.1) is 13.8 Å². The molecular weight excluding hydrogens is 460 g/mol. The van der Waals surface area contributed by atoms with Crippen molar-refractivity contribution in [1.82, 2.24) is 10.2 Å². The first-order valence-electron chi connectivity index (χ1n) is 10.4. The molecule has 0 atom stereocenters. The molecule has 0 unspecified atom stereocenters. The van der Waals surface area contributed by atoms with Crippen molar-refractivity contribution in [2.75, 3.05) is 29.6 Å². The van der Waals surface area contributed by atoms with E-state index in [1.165, 1.54) is 23.1 Å². The van der Waals surface area contributed by atoms with Gasteiger partial charge in [-0.15, -0.1) is 10.2 Å². The van der Waals surface area contributed by atoms with E-state index >= 15 is 0 Å². The Balaban J connectivity index is 1.57. The van der Waals surface area contributed by atoms with Crippen molar-refractivity contribution in [1.29, 1.82) is 0 Å². The lowest BCUT2D eigenvalue weighted by Gasteiger charge is -2.12. The Bertz CT molecular complexity index is 1130. The second-order valence-electron chi connectivity index (χ2n) is 7.01. The highest BCUT2D eigenvalue weighted by molar-refractivity contribution is 8.01. The smallest absolute Gasteiger partial charge is 0.257 e. The topological polar surface area (TPSA) is 102 Å². The highest BCUT2D eigenvalue weighted by Crippen LogP contribution is 2.30. The van der Waals surface area contributed by atoms with Crippen molar-refractivity contribution in [3.8, 4) is 11.5 Å². The number of nitrogens with zero attached hydrogens (tertiary/aromatic N) is 2. The Labute approximate surface area is 201 Å². The summed E-state index contributed by atoms with van der Waals surface area (Å²) in [5, 5.41) is 14.1. The van der Waals surface area contributed by atoms with E-state index in [1.54, 1.807) is 18.2 Å². The first kappa shape index (κ1) is 24.5. The number of benzene rings is 2. The highest BCUT2D eigenvalue weighted by atomic mass is 32.2. The van der Waals surface area contributed by atoms with Gasteiger partial charge in [0.2, 0.25) is 11.0 Å². The molecule has 10 heteroatoms. The van der Waals surface area contributed by atoms with Crippen LogP contribution in [0.5, 0.6) is 11.5 Å². The number of aryl methyl sites for hydroxylation is 2. The lowest BCUT2D eigenvalue weighted by atomic mass is 10.1. The molecule has 2 aromatic carbocycles. The molecule has 0 aliphatic heterocycles. The van der Waals surface area contributed by atoms with Crippen molar-refractivity contribution in [2.24, 2.45) is 0 Å². The molecule has 1 aromatic heterocycles. The van der Waals surface area contributed by atoms with Crippen LogP contribution in [0.3, 0.4) is 0 Å². The van der Waals surface area contributed by atoms with Crippen LogP contribution in [0.25, 0.3) is 0 Å². The van der Waals surface area contributed by atoms with Gasteiger partial charge < -0.3 is 14.8 Å². The average Bonchev–Trinajstić information content (AvgIpc) is 3.23. The maximum atomic E-state index is 12.6. The fourth-order valence-corrected chi connectivity index (χ4v) is 4.41. The van der Waals surface area contributed by atoms with Crippen LogP contribution in [0.15, 0.2) is 40.7 Å². The number of nitrogens with one attached hydrogen (secondary N) is 2. The van der Waals surface area contributed by atoms with E-state index in [-0.39, 0.29) is 17.6 Å². The van der Waals surface area contributed by atoms with Crippen molar-refractivity contribution in [2.45, 2.75) is 32.0 Å². The van der Waals surface area contributed by atoms with Crippen LogP contribution in [-0.4, -0.2) is 41.0 Å². The number of amides is 2. The molecule has 0 bridgehead atoms. The van der Waals surface area contributed by atoms with E-state index < -0.39 is 0 Å². The molecule has 0 aliphatic rings. The lowest BCUT2D eigenvalue weighted by Crippen LogP contribution is -2.14. The molecule has 2 N–H and O–H groups in total. The predicted molar refractivity (Wildman–Crippen MR) is 132 cm³/mol. The van der Waals surface area contributed by atoms with Gasteiger partial charge in [-0.1, -0.05) is 35.2 Å². The van der Waals surface area contributed by atoms with Crippen LogP contribution >= 0.6 is 23.1 Å². The summed E-state index contributed by atoms with van der Waals surface area (Å²) in [7, 11) is 0. The molecule has 0 saturated heterocycles. The number of aromatic nitrogens is 2. The number of thioether (sulfide) groups is 1. The van der Waals surface area contributed by atoms with Gasteiger partial charge in [0.05, 0.1) is 19.0 Å². The average molecular weight is 487 g/mol. The van der Waals surface area contributed by atoms with Gasteiger partial charge in [-0.2, -0.15) is 0 Å². The third-order valence-corrected chi connectivity index (χ3v) is 6.40. The van der Waals surface area contributed by atoms with Crippen LogP contribution in [-0.2, 0) is 4.79 Å². The maximum Gasteiger partial charge on any atom is 0.257 e. The standard InChI is InChI=1S/C23H26N4O4S2/c1-5-30-18-10-9-16(12-19(18)31-6-2)21(29)25-22-26-27-23(33-22)32-13-20(28)24-17-11-14(3)7-8-15(17)4/h7-12H,5-6,13H2,1-4H3,(H,24,28)(H,25,26,29). The van der Waals surface area contributed by atoms with Gasteiger partial charge in [0.15, 0.2) is 15.8 Å². The van der Waals surface area contributed by atoms with Gasteiger partial charge in [0.1, 0.15) is 0 Å². The molecule has 0 radical (unpaired) electrons. The van der Waals surface area contributed by atoms with Gasteiger partial charge in [0.25, 0.3) is 5.91 Å². The number of carbonyl (C=O) groups excluding carboxylic acids is 2. The Morgan fingerprint density at radius 3 is 2.48 bits per heavy atom. The molecule has 8 nitrogen and oxygen atoms in total. The second-order valence-corrected chi connectivity index (χ2v) is 9.21. The largest absolute Gasteiger partial charge is 0.490 e. The van der Waals surface area contributed by atoms with E-state index in [4.69, 9.17) is 9.47 Å². The molecule has 0 spiro atoms. The van der Waals surface area contributed by atoms with Crippen LogP contribution in [0.1, 0.15) is 35.3 Å². The number of ether oxygens (including phenoxy) is 2. The summed E-state index contributed by atoms with van der Waals surface area (Å²) in [6.07, 6.45) is 0. The summed E-state index contributed by atoms with van der Waals surface area (Å²) in [5.74, 6) is 0.818. The van der Waals surface area contributed by atoms with Crippen LogP contribution in [0.4, 0.5) is 10.8 Å². The first-order valence-corrected chi connectivity index (χ1v) is 12.2. The maximum absolute atomic E-state index is 12.6. The molecule has 33 heavy (non-hydrogen) atoms. The predicted octanol–water partition coefficient (Wildman–Crippen LogP) is 4.94. The molecule has 0 aliphatic carbocycles. The molecule has 2 amide bonds. The quantitative estimate of drug-likeness (QED) is 0.309. The van der Waals surface area contributed by atoms with E-state index in [0.717, 1.165) is 16.8 Å². The fraction of sp³-hybridized carbons (Fsp3) is 0.304. The summed E-state index contributed by atoms with van der Waals surface area (Å²) < 4.78 is 11.7. The fourth-order valence-electron chi connectivity index (χ4n) is 2.86. The number of rotatable bonds is 10. The lowest BCUT2D eigenvalue weighted by molar-refractivity contribution is -0.113. The molecule has 0 fully saturated rings. The summed E-state index contributed by atoms with van der Waals surface area (Å²) in [6.45, 7) is 8.63. The molecule has 174 valence electrons. The number of carbonyl (C=O) groups is 2. The SMILES string of the molecule is CCOc1ccc(C(=O)Nc2nnc(SCC(=O)Nc3cc(C)ccc3C)s2)cc1OCC. The first-order chi connectivity index (χ1) is 15.9. The van der Waals surface area contributed by atoms with Gasteiger partial charge in [-0.05, 0) is 63.1 Å². The Morgan fingerprint density at radius 2 is 1.73 bits per heavy atom. The molecule has 1 heterocycles. The van der Waals surface area contributed by atoms with Crippen LogP contribution < -0.4 is 20.1 Å². The zero-order chi connectivity index (χ0) is 23.8. The normalized spacial score (nSPS) is 10.5. The summed E-state index contributed by atoms with van der Waals surface area (Å²) >= 11 is 2.47. The van der Waals surface area contributed by atoms with E-state index in [2.05, 4.69) is 20.8 Å². The minimum atomic E-state index is -0.334. The highest BCUT2D eigenvalue weighted by Gasteiger charge is 2.15. The van der Waals surface area contributed by atoms with Gasteiger partial charge in [-0.25, -0.2) is 0 Å². The third-order valence-electron chi connectivity index (χ3n) is 4.43. The zero-order valence-electron chi connectivity index (χ0n) is 18.9.